The van der Waals surface area contributed by atoms with Gasteiger partial charge in [0.1, 0.15) is 0 Å². The van der Waals surface area contributed by atoms with Gasteiger partial charge in [0, 0.05) is 4.88 Å². The molecule has 0 bridgehead atoms. The predicted octanol–water partition coefficient (Wildman–Crippen LogP) is 4.00. The number of hydrogen-bond donors (Lipinski definition) is 0. The van der Waals surface area contributed by atoms with Gasteiger partial charge >= 0.3 is 0 Å². The molecule has 1 aromatic heterocycles. The third-order valence-corrected chi connectivity index (χ3v) is 3.10. The van der Waals surface area contributed by atoms with Crippen LogP contribution in [0.1, 0.15) is 10.4 Å². The average molecular weight is 200 g/mol. The number of benzene rings is 1. The van der Waals surface area contributed by atoms with E-state index < -0.39 is 0 Å². The fraction of sp³-hybridized carbons (Fsp3) is 0.0769. The summed E-state index contributed by atoms with van der Waals surface area (Å²) in [4.78, 5) is 1.29. The minimum absolute atomic E-state index is 0.946. The Morgan fingerprint density at radius 2 is 1.86 bits per heavy atom. The number of hydrogen-bond acceptors (Lipinski definition) is 1. The molecular formula is C13H12S. The SMILES string of the molecule is C=C(Cc1ccccc1)c1cccs1. The monoisotopic (exact) mass is 200 g/mol. The highest BCUT2D eigenvalue weighted by molar-refractivity contribution is 7.11. The third-order valence-electron chi connectivity index (χ3n) is 2.13. The second kappa shape index (κ2) is 4.25. The second-order valence-electron chi connectivity index (χ2n) is 3.24. The number of rotatable bonds is 3. The van der Waals surface area contributed by atoms with Crippen LogP contribution < -0.4 is 0 Å². The highest BCUT2D eigenvalue weighted by Crippen LogP contribution is 2.21. The van der Waals surface area contributed by atoms with E-state index in [1.807, 2.05) is 6.07 Å². The Morgan fingerprint density at radius 1 is 1.07 bits per heavy atom. The summed E-state index contributed by atoms with van der Waals surface area (Å²) in [6, 6.07) is 14.6. The van der Waals surface area contributed by atoms with Gasteiger partial charge < -0.3 is 0 Å². The van der Waals surface area contributed by atoms with E-state index in [1.165, 1.54) is 16.0 Å². The van der Waals surface area contributed by atoms with Crippen LogP contribution in [0.4, 0.5) is 0 Å². The van der Waals surface area contributed by atoms with E-state index in [1.54, 1.807) is 11.3 Å². The van der Waals surface area contributed by atoms with E-state index in [4.69, 9.17) is 0 Å². The van der Waals surface area contributed by atoms with Crippen LogP contribution in [0.3, 0.4) is 0 Å². The molecule has 2 aromatic rings. The van der Waals surface area contributed by atoms with Crippen LogP contribution in [-0.4, -0.2) is 0 Å². The van der Waals surface area contributed by atoms with Gasteiger partial charge in [-0.3, -0.25) is 0 Å². The van der Waals surface area contributed by atoms with Gasteiger partial charge in [-0.2, -0.15) is 0 Å². The van der Waals surface area contributed by atoms with E-state index in [9.17, 15) is 0 Å². The van der Waals surface area contributed by atoms with Gasteiger partial charge in [-0.25, -0.2) is 0 Å². The summed E-state index contributed by atoms with van der Waals surface area (Å²) in [5, 5.41) is 2.09. The lowest BCUT2D eigenvalue weighted by Gasteiger charge is -2.02. The Labute approximate surface area is 88.5 Å². The zero-order valence-electron chi connectivity index (χ0n) is 7.94. The molecule has 0 aliphatic carbocycles. The van der Waals surface area contributed by atoms with Crippen molar-refractivity contribution in [2.24, 2.45) is 0 Å². The molecule has 70 valence electrons. The molecule has 0 aliphatic heterocycles. The molecule has 1 heteroatoms. The Kier molecular flexibility index (Phi) is 2.80. The van der Waals surface area contributed by atoms with Crippen LogP contribution in [0, 0.1) is 0 Å². The van der Waals surface area contributed by atoms with Crippen molar-refractivity contribution in [3.05, 3.63) is 64.9 Å². The summed E-state index contributed by atoms with van der Waals surface area (Å²) in [6.07, 6.45) is 0.946. The van der Waals surface area contributed by atoms with Gasteiger partial charge in [-0.05, 0) is 29.0 Å². The smallest absolute Gasteiger partial charge is 0.0299 e. The van der Waals surface area contributed by atoms with Gasteiger partial charge in [0.2, 0.25) is 0 Å². The first-order valence-corrected chi connectivity index (χ1v) is 5.50. The molecule has 0 spiro atoms. The van der Waals surface area contributed by atoms with Crippen molar-refractivity contribution in [3.63, 3.8) is 0 Å². The lowest BCUT2D eigenvalue weighted by atomic mass is 10.1. The van der Waals surface area contributed by atoms with Crippen molar-refractivity contribution in [1.82, 2.24) is 0 Å². The summed E-state index contributed by atoms with van der Waals surface area (Å²) in [6.45, 7) is 4.10. The third kappa shape index (κ3) is 2.12. The van der Waals surface area contributed by atoms with Crippen molar-refractivity contribution in [1.29, 1.82) is 0 Å². The Balaban J connectivity index is 2.10. The topological polar surface area (TPSA) is 0 Å². The van der Waals surface area contributed by atoms with Gasteiger partial charge in [-0.1, -0.05) is 43.0 Å². The molecule has 0 amide bonds. The molecule has 0 nitrogen and oxygen atoms in total. The largest absolute Gasteiger partial charge is 0.144 e. The van der Waals surface area contributed by atoms with Crippen LogP contribution in [0.2, 0.25) is 0 Å². The molecule has 0 radical (unpaired) electrons. The maximum Gasteiger partial charge on any atom is 0.0299 e. The zero-order valence-corrected chi connectivity index (χ0v) is 8.76. The fourth-order valence-electron chi connectivity index (χ4n) is 1.41. The van der Waals surface area contributed by atoms with Crippen molar-refractivity contribution < 1.29 is 0 Å². The summed E-state index contributed by atoms with van der Waals surface area (Å²) in [5.74, 6) is 0. The fourth-order valence-corrected chi connectivity index (χ4v) is 2.11. The molecule has 0 N–H and O–H groups in total. The summed E-state index contributed by atoms with van der Waals surface area (Å²) in [7, 11) is 0. The summed E-state index contributed by atoms with van der Waals surface area (Å²) in [5.41, 5.74) is 2.53. The summed E-state index contributed by atoms with van der Waals surface area (Å²) < 4.78 is 0. The number of allylic oxidation sites excluding steroid dienone is 1. The van der Waals surface area contributed by atoms with Crippen molar-refractivity contribution in [3.8, 4) is 0 Å². The van der Waals surface area contributed by atoms with Gasteiger partial charge in [0.05, 0.1) is 0 Å². The quantitative estimate of drug-likeness (QED) is 0.702. The van der Waals surface area contributed by atoms with E-state index in [-0.39, 0.29) is 0 Å². The first-order valence-electron chi connectivity index (χ1n) is 4.62. The maximum atomic E-state index is 4.10. The minimum Gasteiger partial charge on any atom is -0.144 e. The average Bonchev–Trinajstić information content (AvgIpc) is 2.72. The first-order chi connectivity index (χ1) is 6.86. The molecule has 0 aliphatic rings. The summed E-state index contributed by atoms with van der Waals surface area (Å²) >= 11 is 1.75. The van der Waals surface area contributed by atoms with Crippen LogP contribution in [0.5, 0.6) is 0 Å². The minimum atomic E-state index is 0.946. The van der Waals surface area contributed by atoms with Crippen molar-refractivity contribution in [2.75, 3.05) is 0 Å². The van der Waals surface area contributed by atoms with Crippen LogP contribution >= 0.6 is 11.3 Å². The van der Waals surface area contributed by atoms with Gasteiger partial charge in [0.15, 0.2) is 0 Å². The molecule has 1 heterocycles. The molecule has 1 aromatic carbocycles. The lowest BCUT2D eigenvalue weighted by Crippen LogP contribution is -1.85. The highest BCUT2D eigenvalue weighted by atomic mass is 32.1. The molecule has 0 atom stereocenters. The van der Waals surface area contributed by atoms with E-state index >= 15 is 0 Å². The molecule has 0 fully saturated rings. The molecular weight excluding hydrogens is 188 g/mol. The van der Waals surface area contributed by atoms with Crippen LogP contribution in [-0.2, 0) is 6.42 Å². The standard InChI is InChI=1S/C13H12S/c1-11(13-8-5-9-14-13)10-12-6-3-2-4-7-12/h2-9H,1,10H2. The van der Waals surface area contributed by atoms with E-state index in [2.05, 4.69) is 48.4 Å². The second-order valence-corrected chi connectivity index (χ2v) is 4.19. The molecule has 0 unspecified atom stereocenters. The van der Waals surface area contributed by atoms with Crippen LogP contribution in [0.15, 0.2) is 54.4 Å². The lowest BCUT2D eigenvalue weighted by molar-refractivity contribution is 1.30. The van der Waals surface area contributed by atoms with Gasteiger partial charge in [0.25, 0.3) is 0 Å². The Bertz CT molecular complexity index is 398. The van der Waals surface area contributed by atoms with Crippen LogP contribution in [0.25, 0.3) is 5.57 Å². The Morgan fingerprint density at radius 3 is 2.50 bits per heavy atom. The van der Waals surface area contributed by atoms with Crippen molar-refractivity contribution in [2.45, 2.75) is 6.42 Å². The van der Waals surface area contributed by atoms with Gasteiger partial charge in [-0.15, -0.1) is 11.3 Å². The predicted molar refractivity (Wildman–Crippen MR) is 63.5 cm³/mol. The normalized spacial score (nSPS) is 10.0. The van der Waals surface area contributed by atoms with Crippen molar-refractivity contribution >= 4 is 16.9 Å². The molecule has 0 saturated heterocycles. The molecule has 0 saturated carbocycles. The zero-order chi connectivity index (χ0) is 9.80. The molecule has 14 heavy (non-hydrogen) atoms. The number of thiophene rings is 1. The molecule has 2 rings (SSSR count). The highest BCUT2D eigenvalue weighted by Gasteiger charge is 2.00. The first kappa shape index (κ1) is 9.22. The van der Waals surface area contributed by atoms with E-state index in [0.29, 0.717) is 0 Å². The Hall–Kier alpha value is -1.34. The maximum absolute atomic E-state index is 4.10. The van der Waals surface area contributed by atoms with E-state index in [0.717, 1.165) is 6.42 Å².